The first-order chi connectivity index (χ1) is 4.45. The molecule has 0 saturated heterocycles. The fourth-order valence-corrected chi connectivity index (χ4v) is 0.949. The molecule has 0 fully saturated rings. The number of nitrogens with one attached hydrogen (secondary N) is 1. The number of rotatable bonds is 3. The van der Waals surface area contributed by atoms with Gasteiger partial charge in [0.25, 0.3) is 0 Å². The molecule has 0 aliphatic rings. The Hall–Kier alpha value is 0.500. The van der Waals surface area contributed by atoms with Crippen molar-refractivity contribution in [3.8, 4) is 0 Å². The zero-order valence-corrected chi connectivity index (χ0v) is 7.47. The second kappa shape index (κ2) is 4.39. The first-order valence-corrected chi connectivity index (χ1v) is 3.83. The molecule has 0 aliphatic heterocycles. The van der Waals surface area contributed by atoms with Crippen molar-refractivity contribution in [2.45, 2.75) is 16.6 Å². The molecule has 5 heteroatoms. The standard InChI is InChI=1S/C5H8Cl3NO/c6-5(7,8)3-4(9)1-2-10/h9-10H,1-3H2. The zero-order valence-electron chi connectivity index (χ0n) is 5.20. The zero-order chi connectivity index (χ0) is 8.20. The van der Waals surface area contributed by atoms with E-state index in [2.05, 4.69) is 0 Å². The highest BCUT2D eigenvalue weighted by molar-refractivity contribution is 6.68. The highest BCUT2D eigenvalue weighted by atomic mass is 35.6. The van der Waals surface area contributed by atoms with Crippen LogP contribution >= 0.6 is 34.8 Å². The molecular weight excluding hydrogens is 196 g/mol. The predicted octanol–water partition coefficient (Wildman–Crippen LogP) is 2.15. The first-order valence-electron chi connectivity index (χ1n) is 2.69. The van der Waals surface area contributed by atoms with Crippen molar-refractivity contribution in [3.63, 3.8) is 0 Å². The van der Waals surface area contributed by atoms with Crippen LogP contribution in [0, 0.1) is 5.41 Å². The minimum atomic E-state index is -1.40. The van der Waals surface area contributed by atoms with Crippen molar-refractivity contribution in [3.05, 3.63) is 0 Å². The lowest BCUT2D eigenvalue weighted by molar-refractivity contribution is 0.306. The number of hydrogen-bond acceptors (Lipinski definition) is 2. The summed E-state index contributed by atoms with van der Waals surface area (Å²) in [5.41, 5.74) is 0.252. The van der Waals surface area contributed by atoms with E-state index in [0.717, 1.165) is 0 Å². The van der Waals surface area contributed by atoms with Gasteiger partial charge in [0.2, 0.25) is 0 Å². The van der Waals surface area contributed by atoms with Crippen molar-refractivity contribution in [2.24, 2.45) is 0 Å². The van der Waals surface area contributed by atoms with E-state index in [4.69, 9.17) is 45.3 Å². The molecule has 0 atom stereocenters. The molecule has 0 aliphatic carbocycles. The Morgan fingerprint density at radius 2 is 1.90 bits per heavy atom. The maximum absolute atomic E-state index is 8.36. The van der Waals surface area contributed by atoms with Crippen molar-refractivity contribution < 1.29 is 5.11 Å². The number of halogens is 3. The molecule has 0 aromatic carbocycles. The van der Waals surface area contributed by atoms with Crippen LogP contribution < -0.4 is 0 Å². The molecule has 0 aromatic heterocycles. The van der Waals surface area contributed by atoms with Gasteiger partial charge in [-0.1, -0.05) is 34.8 Å². The van der Waals surface area contributed by atoms with Gasteiger partial charge in [0, 0.05) is 25.2 Å². The lowest BCUT2D eigenvalue weighted by Crippen LogP contribution is -2.11. The van der Waals surface area contributed by atoms with Crippen molar-refractivity contribution in [1.82, 2.24) is 0 Å². The Morgan fingerprint density at radius 1 is 1.40 bits per heavy atom. The van der Waals surface area contributed by atoms with E-state index in [0.29, 0.717) is 0 Å². The fourth-order valence-electron chi connectivity index (χ4n) is 0.465. The van der Waals surface area contributed by atoms with Crippen LogP contribution in [0.1, 0.15) is 12.8 Å². The predicted molar refractivity (Wildman–Crippen MR) is 44.3 cm³/mol. The lowest BCUT2D eigenvalue weighted by Gasteiger charge is -2.09. The van der Waals surface area contributed by atoms with Gasteiger partial charge in [-0.15, -0.1) is 0 Å². The molecule has 2 nitrogen and oxygen atoms in total. The molecule has 0 amide bonds. The van der Waals surface area contributed by atoms with E-state index in [9.17, 15) is 0 Å². The molecule has 0 heterocycles. The topological polar surface area (TPSA) is 44.1 Å². The van der Waals surface area contributed by atoms with Gasteiger partial charge >= 0.3 is 0 Å². The average Bonchev–Trinajstić information content (AvgIpc) is 1.59. The van der Waals surface area contributed by atoms with Crippen molar-refractivity contribution in [2.75, 3.05) is 6.61 Å². The van der Waals surface area contributed by atoms with Gasteiger partial charge in [-0.05, 0) is 0 Å². The number of alkyl halides is 3. The molecule has 60 valence electrons. The summed E-state index contributed by atoms with van der Waals surface area (Å²) in [4.78, 5) is 0. The van der Waals surface area contributed by atoms with Gasteiger partial charge in [0.05, 0.1) is 0 Å². The molecule has 0 bridgehead atoms. The summed E-state index contributed by atoms with van der Waals surface area (Å²) in [5, 5.41) is 15.5. The van der Waals surface area contributed by atoms with E-state index in [1.165, 1.54) is 0 Å². The smallest absolute Gasteiger partial charge is 0.195 e. The second-order valence-electron chi connectivity index (χ2n) is 1.87. The van der Waals surface area contributed by atoms with Gasteiger partial charge < -0.3 is 10.5 Å². The highest BCUT2D eigenvalue weighted by Gasteiger charge is 2.21. The lowest BCUT2D eigenvalue weighted by atomic mass is 10.2. The van der Waals surface area contributed by atoms with Gasteiger partial charge in [-0.3, -0.25) is 0 Å². The van der Waals surface area contributed by atoms with E-state index in [-0.39, 0.29) is 25.2 Å². The van der Waals surface area contributed by atoms with E-state index >= 15 is 0 Å². The van der Waals surface area contributed by atoms with Crippen LogP contribution in [0.2, 0.25) is 0 Å². The number of aliphatic hydroxyl groups excluding tert-OH is 1. The third-order valence-electron chi connectivity index (χ3n) is 0.827. The minimum Gasteiger partial charge on any atom is -0.396 e. The largest absolute Gasteiger partial charge is 0.396 e. The van der Waals surface area contributed by atoms with Crippen LogP contribution in [0.5, 0.6) is 0 Å². The SMILES string of the molecule is N=C(CCO)CC(Cl)(Cl)Cl. The maximum Gasteiger partial charge on any atom is 0.195 e. The number of hydrogen-bond donors (Lipinski definition) is 2. The van der Waals surface area contributed by atoms with E-state index in [1.807, 2.05) is 0 Å². The van der Waals surface area contributed by atoms with Crippen LogP contribution in [0.3, 0.4) is 0 Å². The molecule has 10 heavy (non-hydrogen) atoms. The summed E-state index contributed by atoms with van der Waals surface area (Å²) in [6.45, 7) is -0.0699. The Kier molecular flexibility index (Phi) is 4.61. The van der Waals surface area contributed by atoms with Crippen LogP contribution in [-0.4, -0.2) is 21.2 Å². The summed E-state index contributed by atoms with van der Waals surface area (Å²) < 4.78 is -1.40. The third kappa shape index (κ3) is 6.62. The summed E-state index contributed by atoms with van der Waals surface area (Å²) in [7, 11) is 0. The molecule has 0 rings (SSSR count). The van der Waals surface area contributed by atoms with Crippen LogP contribution in [0.15, 0.2) is 0 Å². The number of aliphatic hydroxyl groups is 1. The third-order valence-corrected chi connectivity index (χ3v) is 1.23. The Balaban J connectivity index is 3.58. The first kappa shape index (κ1) is 10.5. The Morgan fingerprint density at radius 3 is 2.20 bits per heavy atom. The highest BCUT2D eigenvalue weighted by Crippen LogP contribution is 2.30. The monoisotopic (exact) mass is 203 g/mol. The summed E-state index contributed by atoms with van der Waals surface area (Å²) >= 11 is 16.1. The van der Waals surface area contributed by atoms with E-state index in [1.54, 1.807) is 0 Å². The molecule has 0 aromatic rings. The molecule has 0 unspecified atom stereocenters. The van der Waals surface area contributed by atoms with Crippen LogP contribution in [0.4, 0.5) is 0 Å². The quantitative estimate of drug-likeness (QED) is 0.537. The van der Waals surface area contributed by atoms with Crippen LogP contribution in [0.25, 0.3) is 0 Å². The van der Waals surface area contributed by atoms with Gasteiger partial charge in [0.15, 0.2) is 3.79 Å². The Labute approximate surface area is 74.6 Å². The molecule has 2 N–H and O–H groups in total. The fraction of sp³-hybridized carbons (Fsp3) is 0.800. The van der Waals surface area contributed by atoms with Gasteiger partial charge in [-0.25, -0.2) is 0 Å². The molecule has 0 spiro atoms. The average molecular weight is 204 g/mol. The van der Waals surface area contributed by atoms with E-state index < -0.39 is 3.79 Å². The van der Waals surface area contributed by atoms with Crippen molar-refractivity contribution in [1.29, 1.82) is 5.41 Å². The molecule has 0 saturated carbocycles. The Bertz CT molecular complexity index is 121. The van der Waals surface area contributed by atoms with Crippen molar-refractivity contribution >= 4 is 40.5 Å². The maximum atomic E-state index is 8.36. The van der Waals surface area contributed by atoms with Gasteiger partial charge in [-0.2, -0.15) is 0 Å². The van der Waals surface area contributed by atoms with Crippen LogP contribution in [-0.2, 0) is 0 Å². The normalized spacial score (nSPS) is 11.6. The molecule has 0 radical (unpaired) electrons. The molecular formula is C5H8Cl3NO. The minimum absolute atomic E-state index is 0.0699. The summed E-state index contributed by atoms with van der Waals surface area (Å²) in [6, 6.07) is 0. The van der Waals surface area contributed by atoms with Gasteiger partial charge in [0.1, 0.15) is 0 Å². The second-order valence-corrected chi connectivity index (χ2v) is 4.39. The summed E-state index contributed by atoms with van der Waals surface area (Å²) in [6.07, 6.45) is 0.353. The summed E-state index contributed by atoms with van der Waals surface area (Å²) in [5.74, 6) is 0.